The average molecular weight is 279 g/mol. The van der Waals surface area contributed by atoms with E-state index in [0.717, 1.165) is 19.6 Å². The van der Waals surface area contributed by atoms with Gasteiger partial charge in [0.2, 0.25) is 5.91 Å². The molecule has 3 N–H and O–H groups in total. The number of carbonyl (C=O) groups excluding carboxylic acids is 1. The van der Waals surface area contributed by atoms with Gasteiger partial charge in [0.25, 0.3) is 0 Å². The second-order valence-electron chi connectivity index (χ2n) is 5.55. The highest BCUT2D eigenvalue weighted by atomic mass is 19.1. The summed E-state index contributed by atoms with van der Waals surface area (Å²) < 4.78 is 13.7. The van der Waals surface area contributed by atoms with E-state index >= 15 is 0 Å². The van der Waals surface area contributed by atoms with Crippen LogP contribution in [0, 0.1) is 11.7 Å². The van der Waals surface area contributed by atoms with Gasteiger partial charge in [0.05, 0.1) is 0 Å². The Morgan fingerprint density at radius 1 is 1.45 bits per heavy atom. The molecular formula is C15H22FN3O. The van der Waals surface area contributed by atoms with Crippen molar-refractivity contribution >= 4 is 5.91 Å². The lowest BCUT2D eigenvalue weighted by molar-refractivity contribution is 0.1000. The van der Waals surface area contributed by atoms with E-state index in [0.29, 0.717) is 23.6 Å². The van der Waals surface area contributed by atoms with Crippen molar-refractivity contribution < 1.29 is 9.18 Å². The number of nitrogens with zero attached hydrogens (tertiary/aromatic N) is 1. The second kappa shape index (κ2) is 6.81. The second-order valence-corrected chi connectivity index (χ2v) is 5.55. The lowest BCUT2D eigenvalue weighted by atomic mass is 9.97. The van der Waals surface area contributed by atoms with Gasteiger partial charge in [-0.15, -0.1) is 0 Å². The van der Waals surface area contributed by atoms with Crippen LogP contribution < -0.4 is 11.1 Å². The highest BCUT2D eigenvalue weighted by Crippen LogP contribution is 2.15. The summed E-state index contributed by atoms with van der Waals surface area (Å²) in [6.07, 6.45) is 2.35. The Labute approximate surface area is 119 Å². The first kappa shape index (κ1) is 14.9. The van der Waals surface area contributed by atoms with Crippen LogP contribution >= 0.6 is 0 Å². The Morgan fingerprint density at radius 3 is 2.80 bits per heavy atom. The van der Waals surface area contributed by atoms with Gasteiger partial charge < -0.3 is 16.0 Å². The maximum absolute atomic E-state index is 13.7. The molecule has 1 fully saturated rings. The van der Waals surface area contributed by atoms with Crippen LogP contribution in [-0.4, -0.2) is 37.5 Å². The minimum atomic E-state index is -0.526. The molecule has 2 rings (SSSR count). The summed E-state index contributed by atoms with van der Waals surface area (Å²) in [5.74, 6) is -0.180. The highest BCUT2D eigenvalue weighted by Gasteiger charge is 2.16. The van der Waals surface area contributed by atoms with Crippen molar-refractivity contribution in [2.75, 3.05) is 26.7 Å². The molecule has 20 heavy (non-hydrogen) atoms. The van der Waals surface area contributed by atoms with Crippen molar-refractivity contribution in [1.82, 2.24) is 10.2 Å². The van der Waals surface area contributed by atoms with Crippen LogP contribution in [0.3, 0.4) is 0 Å². The van der Waals surface area contributed by atoms with Crippen LogP contribution in [0.2, 0.25) is 0 Å². The predicted molar refractivity (Wildman–Crippen MR) is 76.8 cm³/mol. The number of likely N-dealkylation sites (tertiary alicyclic amines) is 1. The standard InChI is InChI=1S/C15H22FN3O/c1-19-6-4-11(5-7-19)9-18-10-13-8-12(15(17)20)2-3-14(13)16/h2-3,8,11,18H,4-7,9-10H2,1H3,(H2,17,20). The highest BCUT2D eigenvalue weighted by molar-refractivity contribution is 5.92. The number of carbonyl (C=O) groups is 1. The molecule has 1 heterocycles. The van der Waals surface area contributed by atoms with Crippen LogP contribution in [0.15, 0.2) is 18.2 Å². The van der Waals surface area contributed by atoms with E-state index < -0.39 is 5.91 Å². The van der Waals surface area contributed by atoms with Crippen LogP contribution in [0.5, 0.6) is 0 Å². The summed E-state index contributed by atoms with van der Waals surface area (Å²) in [6.45, 7) is 3.56. The summed E-state index contributed by atoms with van der Waals surface area (Å²) in [5.41, 5.74) is 6.05. The topological polar surface area (TPSA) is 58.4 Å². The van der Waals surface area contributed by atoms with Crippen molar-refractivity contribution in [2.24, 2.45) is 11.7 Å². The molecule has 0 unspecified atom stereocenters. The molecule has 5 heteroatoms. The van der Waals surface area contributed by atoms with E-state index in [4.69, 9.17) is 5.73 Å². The number of primary amides is 1. The molecule has 1 aliphatic heterocycles. The molecule has 1 aliphatic rings. The zero-order valence-corrected chi connectivity index (χ0v) is 11.9. The molecule has 4 nitrogen and oxygen atoms in total. The third-order valence-electron chi connectivity index (χ3n) is 3.92. The fourth-order valence-corrected chi connectivity index (χ4v) is 2.54. The zero-order valence-electron chi connectivity index (χ0n) is 11.9. The van der Waals surface area contributed by atoms with Gasteiger partial charge in [0, 0.05) is 17.7 Å². The van der Waals surface area contributed by atoms with E-state index in [-0.39, 0.29) is 5.82 Å². The molecule has 0 aliphatic carbocycles. The lowest BCUT2D eigenvalue weighted by Crippen LogP contribution is -2.34. The summed E-state index contributed by atoms with van der Waals surface area (Å²) in [6, 6.07) is 4.24. The van der Waals surface area contributed by atoms with E-state index in [2.05, 4.69) is 17.3 Å². The molecule has 0 atom stereocenters. The summed E-state index contributed by atoms with van der Waals surface area (Å²) in [7, 11) is 2.13. The molecule has 110 valence electrons. The zero-order chi connectivity index (χ0) is 14.5. The molecule has 1 saturated heterocycles. The van der Waals surface area contributed by atoms with Crippen LogP contribution in [0.25, 0.3) is 0 Å². The largest absolute Gasteiger partial charge is 0.366 e. The number of halogens is 1. The van der Waals surface area contributed by atoms with Crippen LogP contribution in [-0.2, 0) is 6.54 Å². The first-order valence-corrected chi connectivity index (χ1v) is 7.03. The Morgan fingerprint density at radius 2 is 2.15 bits per heavy atom. The number of piperidine rings is 1. The van der Waals surface area contributed by atoms with Gasteiger partial charge in [-0.3, -0.25) is 4.79 Å². The third-order valence-corrected chi connectivity index (χ3v) is 3.92. The Kier molecular flexibility index (Phi) is 5.09. The van der Waals surface area contributed by atoms with E-state index in [1.165, 1.54) is 31.0 Å². The van der Waals surface area contributed by atoms with Crippen molar-refractivity contribution in [2.45, 2.75) is 19.4 Å². The summed E-state index contributed by atoms with van der Waals surface area (Å²) in [5, 5.41) is 3.28. The smallest absolute Gasteiger partial charge is 0.248 e. The molecular weight excluding hydrogens is 257 g/mol. The normalized spacial score (nSPS) is 17.3. The number of nitrogens with two attached hydrogens (primary N) is 1. The number of rotatable bonds is 5. The minimum Gasteiger partial charge on any atom is -0.366 e. The fourth-order valence-electron chi connectivity index (χ4n) is 2.54. The molecule has 0 radical (unpaired) electrons. The molecule has 1 aromatic carbocycles. The minimum absolute atomic E-state index is 0.300. The summed E-state index contributed by atoms with van der Waals surface area (Å²) in [4.78, 5) is 13.4. The average Bonchev–Trinajstić information content (AvgIpc) is 2.43. The van der Waals surface area contributed by atoms with Crippen LogP contribution in [0.4, 0.5) is 4.39 Å². The number of hydrogen-bond donors (Lipinski definition) is 2. The Bertz CT molecular complexity index is 470. The molecule has 0 aromatic heterocycles. The van der Waals surface area contributed by atoms with Crippen molar-refractivity contribution in [1.29, 1.82) is 0 Å². The Balaban J connectivity index is 1.84. The third kappa shape index (κ3) is 4.02. The molecule has 1 amide bonds. The van der Waals surface area contributed by atoms with Crippen LogP contribution in [0.1, 0.15) is 28.8 Å². The number of amides is 1. The van der Waals surface area contributed by atoms with Crippen molar-refractivity contribution in [3.8, 4) is 0 Å². The molecule has 1 aromatic rings. The number of benzene rings is 1. The van der Waals surface area contributed by atoms with Gasteiger partial charge in [-0.2, -0.15) is 0 Å². The fraction of sp³-hybridized carbons (Fsp3) is 0.533. The van der Waals surface area contributed by atoms with Gasteiger partial charge in [-0.1, -0.05) is 0 Å². The SMILES string of the molecule is CN1CCC(CNCc2cc(C(N)=O)ccc2F)CC1. The maximum atomic E-state index is 13.7. The lowest BCUT2D eigenvalue weighted by Gasteiger charge is -2.29. The molecule has 0 spiro atoms. The number of hydrogen-bond acceptors (Lipinski definition) is 3. The van der Waals surface area contributed by atoms with E-state index in [9.17, 15) is 9.18 Å². The molecule has 0 saturated carbocycles. The van der Waals surface area contributed by atoms with Crippen molar-refractivity contribution in [3.63, 3.8) is 0 Å². The predicted octanol–water partition coefficient (Wildman–Crippen LogP) is 1.36. The van der Waals surface area contributed by atoms with Gasteiger partial charge >= 0.3 is 0 Å². The van der Waals surface area contributed by atoms with Gasteiger partial charge in [0.15, 0.2) is 0 Å². The van der Waals surface area contributed by atoms with Gasteiger partial charge in [-0.25, -0.2) is 4.39 Å². The first-order valence-electron chi connectivity index (χ1n) is 7.03. The summed E-state index contributed by atoms with van der Waals surface area (Å²) >= 11 is 0. The Hall–Kier alpha value is -1.46. The van der Waals surface area contributed by atoms with Crippen molar-refractivity contribution in [3.05, 3.63) is 35.1 Å². The molecule has 0 bridgehead atoms. The number of nitrogens with one attached hydrogen (secondary N) is 1. The van der Waals surface area contributed by atoms with Gasteiger partial charge in [0.1, 0.15) is 5.82 Å². The van der Waals surface area contributed by atoms with E-state index in [1.54, 1.807) is 0 Å². The van der Waals surface area contributed by atoms with Gasteiger partial charge in [-0.05, 0) is 63.6 Å². The monoisotopic (exact) mass is 279 g/mol. The first-order chi connectivity index (χ1) is 9.56. The quantitative estimate of drug-likeness (QED) is 0.855. The maximum Gasteiger partial charge on any atom is 0.248 e. The van der Waals surface area contributed by atoms with E-state index in [1.807, 2.05) is 0 Å².